The second-order valence-corrected chi connectivity index (χ2v) is 14.2. The maximum absolute atomic E-state index is 7.15. The fourth-order valence-corrected chi connectivity index (χ4v) is 9.37. The molecule has 1 aliphatic rings. The highest BCUT2D eigenvalue weighted by atomic mass is 32.1. The molecule has 224 valence electrons. The van der Waals surface area contributed by atoms with E-state index in [1.165, 1.54) is 47.5 Å². The van der Waals surface area contributed by atoms with Crippen LogP contribution in [0.3, 0.4) is 0 Å². The topological polar surface area (TPSA) is 29.0 Å². The van der Waals surface area contributed by atoms with Crippen molar-refractivity contribution in [2.75, 3.05) is 4.90 Å². The van der Waals surface area contributed by atoms with Gasteiger partial charge in [-0.05, 0) is 58.7 Å². The van der Waals surface area contributed by atoms with Crippen molar-refractivity contribution in [2.24, 2.45) is 0 Å². The van der Waals surface area contributed by atoms with Crippen molar-refractivity contribution in [3.05, 3.63) is 139 Å². The average molecular weight is 630 g/mol. The lowest BCUT2D eigenvalue weighted by molar-refractivity contribution is 0.529. The number of fused-ring (bicyclic) bond motifs is 13. The molecule has 9 aromatic rings. The van der Waals surface area contributed by atoms with Gasteiger partial charge in [0.25, 0.3) is 0 Å². The highest BCUT2D eigenvalue weighted by Gasteiger charge is 2.44. The van der Waals surface area contributed by atoms with Crippen LogP contribution >= 0.6 is 11.3 Å². The third kappa shape index (κ3) is 3.71. The molecule has 2 aromatic heterocycles. The van der Waals surface area contributed by atoms with E-state index in [9.17, 15) is 0 Å². The van der Waals surface area contributed by atoms with Crippen molar-refractivity contribution in [1.29, 1.82) is 0 Å². The van der Waals surface area contributed by atoms with E-state index in [1.54, 1.807) is 0 Å². The molecule has 0 saturated heterocycles. The molecule has 2 radical (unpaired) electrons. The Hall–Kier alpha value is -5.52. The Morgan fingerprint density at radius 2 is 1.27 bits per heavy atom. The van der Waals surface area contributed by atoms with Crippen LogP contribution in [0, 0.1) is 0 Å². The van der Waals surface area contributed by atoms with E-state index in [0.29, 0.717) is 5.95 Å². The molecule has 0 fully saturated rings. The van der Waals surface area contributed by atoms with Crippen LogP contribution < -0.4 is 10.4 Å². The summed E-state index contributed by atoms with van der Waals surface area (Å²) in [5.74, 6) is 0.658. The molecule has 0 atom stereocenters. The smallest absolute Gasteiger partial charge is 0.231 e. The first-order valence-corrected chi connectivity index (χ1v) is 17.1. The van der Waals surface area contributed by atoms with Gasteiger partial charge in [0.15, 0.2) is 0 Å². The first-order valence-electron chi connectivity index (χ1n) is 16.3. The molecular weight excluding hydrogens is 601 g/mol. The van der Waals surface area contributed by atoms with Crippen LogP contribution in [0.25, 0.3) is 75.0 Å². The Morgan fingerprint density at radius 3 is 2.08 bits per heavy atom. The Balaban J connectivity index is 1.44. The quantitative estimate of drug-likeness (QED) is 0.178. The second kappa shape index (κ2) is 9.99. The largest absolute Gasteiger partial charge is 0.299 e. The summed E-state index contributed by atoms with van der Waals surface area (Å²) in [6.07, 6.45) is 0. The Morgan fingerprint density at radius 1 is 0.625 bits per heavy atom. The molecule has 0 bridgehead atoms. The summed E-state index contributed by atoms with van der Waals surface area (Å²) >= 11 is 1.85. The molecule has 0 saturated carbocycles. The summed E-state index contributed by atoms with van der Waals surface area (Å²) in [5.41, 5.74) is 7.64. The van der Waals surface area contributed by atoms with E-state index in [0.717, 1.165) is 44.3 Å². The monoisotopic (exact) mass is 629 g/mol. The first-order chi connectivity index (χ1) is 23.5. The molecule has 0 aliphatic carbocycles. The molecule has 0 spiro atoms. The highest BCUT2D eigenvalue weighted by Crippen LogP contribution is 2.59. The highest BCUT2D eigenvalue weighted by molar-refractivity contribution is 7.26. The van der Waals surface area contributed by atoms with Crippen LogP contribution in [-0.4, -0.2) is 17.8 Å². The van der Waals surface area contributed by atoms with Crippen LogP contribution in [0.4, 0.5) is 11.6 Å². The van der Waals surface area contributed by atoms with Crippen molar-refractivity contribution < 1.29 is 0 Å². The normalized spacial score (nSPS) is 13.8. The number of benzene rings is 7. The number of nitrogens with zero attached hydrogens (tertiary/aromatic N) is 3. The van der Waals surface area contributed by atoms with Crippen LogP contribution in [0.15, 0.2) is 133 Å². The van der Waals surface area contributed by atoms with Crippen LogP contribution in [-0.2, 0) is 5.54 Å². The fraction of sp³-hybridized carbons (Fsp3) is 0.0698. The maximum atomic E-state index is 7.15. The lowest BCUT2D eigenvalue weighted by Crippen LogP contribution is -2.45. The van der Waals surface area contributed by atoms with E-state index in [-0.39, 0.29) is 0 Å². The Labute approximate surface area is 283 Å². The van der Waals surface area contributed by atoms with E-state index in [4.69, 9.17) is 17.8 Å². The lowest BCUT2D eigenvalue weighted by Gasteiger charge is -2.47. The number of thiophene rings is 1. The van der Waals surface area contributed by atoms with Gasteiger partial charge in [0.1, 0.15) is 7.85 Å². The third-order valence-electron chi connectivity index (χ3n) is 10.1. The summed E-state index contributed by atoms with van der Waals surface area (Å²) in [5, 5.41) is 8.34. The zero-order chi connectivity index (χ0) is 32.1. The number of rotatable bonds is 2. The number of anilines is 2. The van der Waals surface area contributed by atoms with Gasteiger partial charge in [0, 0.05) is 32.0 Å². The molecule has 3 heterocycles. The van der Waals surface area contributed by atoms with E-state index in [2.05, 4.69) is 146 Å². The van der Waals surface area contributed by atoms with Gasteiger partial charge in [-0.3, -0.25) is 4.90 Å². The second-order valence-electron chi connectivity index (χ2n) is 13.2. The predicted octanol–water partition coefficient (Wildman–Crippen LogP) is 10.8. The summed E-state index contributed by atoms with van der Waals surface area (Å²) in [7, 11) is 7.15. The third-order valence-corrected chi connectivity index (χ3v) is 11.3. The molecule has 3 nitrogen and oxygen atoms in total. The van der Waals surface area contributed by atoms with Gasteiger partial charge in [-0.15, -0.1) is 11.3 Å². The van der Waals surface area contributed by atoms with Crippen molar-refractivity contribution >= 4 is 88.9 Å². The van der Waals surface area contributed by atoms with E-state index >= 15 is 0 Å². The summed E-state index contributed by atoms with van der Waals surface area (Å²) in [4.78, 5) is 13.2. The van der Waals surface area contributed by atoms with Gasteiger partial charge in [0.05, 0.1) is 27.1 Å². The predicted molar refractivity (Wildman–Crippen MR) is 205 cm³/mol. The number of hydrogen-bond acceptors (Lipinski definition) is 4. The minimum absolute atomic E-state index is 0.613. The minimum atomic E-state index is -0.613. The first kappa shape index (κ1) is 27.6. The molecule has 0 amide bonds. The Kier molecular flexibility index (Phi) is 5.74. The van der Waals surface area contributed by atoms with Crippen molar-refractivity contribution in [1.82, 2.24) is 9.97 Å². The number of hydrogen-bond donors (Lipinski definition) is 0. The molecule has 0 unspecified atom stereocenters. The molecule has 1 aliphatic heterocycles. The Bertz CT molecular complexity index is 2780. The van der Waals surface area contributed by atoms with Gasteiger partial charge in [-0.25, -0.2) is 9.97 Å². The summed E-state index contributed by atoms with van der Waals surface area (Å²) in [6.45, 7) is 4.55. The van der Waals surface area contributed by atoms with Gasteiger partial charge >= 0.3 is 0 Å². The standard InChI is InChI=1S/C43H28BN3S/c1-43(2)38-32(44)24-26-16-6-7-17-27(26)36(38)37-29-19-9-8-18-28(29)35-31-21-11-13-23-34(31)48-41(35)40(37)47(43)42-45-33-22-12-10-20-30(33)39(46-42)25-14-4-3-5-15-25/h3-24H,1-2H3. The average Bonchev–Trinajstić information content (AvgIpc) is 3.51. The molecule has 10 rings (SSSR count). The molecule has 5 heteroatoms. The zero-order valence-corrected chi connectivity index (χ0v) is 27.3. The van der Waals surface area contributed by atoms with Crippen LogP contribution in [0.1, 0.15) is 19.4 Å². The van der Waals surface area contributed by atoms with Gasteiger partial charge in [-0.2, -0.15) is 0 Å². The van der Waals surface area contributed by atoms with Crippen molar-refractivity contribution in [3.8, 4) is 22.4 Å². The lowest BCUT2D eigenvalue weighted by atomic mass is 9.70. The van der Waals surface area contributed by atoms with Crippen LogP contribution in [0.2, 0.25) is 0 Å². The molecule has 48 heavy (non-hydrogen) atoms. The SMILES string of the molecule is [B]c1cc2ccccc2c2c1C(C)(C)N(c1nc(-c3ccccc3)c3ccccc3n1)c1c-2c2ccccc2c2c1sc1ccccc12. The number of aromatic nitrogens is 2. The van der Waals surface area contributed by atoms with Crippen molar-refractivity contribution in [3.63, 3.8) is 0 Å². The molecule has 7 aromatic carbocycles. The van der Waals surface area contributed by atoms with E-state index < -0.39 is 5.54 Å². The van der Waals surface area contributed by atoms with Gasteiger partial charge in [-0.1, -0.05) is 127 Å². The van der Waals surface area contributed by atoms with Gasteiger partial charge in [0.2, 0.25) is 5.95 Å². The minimum Gasteiger partial charge on any atom is -0.299 e. The van der Waals surface area contributed by atoms with Crippen molar-refractivity contribution in [2.45, 2.75) is 19.4 Å². The van der Waals surface area contributed by atoms with Crippen LogP contribution in [0.5, 0.6) is 0 Å². The van der Waals surface area contributed by atoms with E-state index in [1.807, 2.05) is 17.4 Å². The number of para-hydroxylation sites is 1. The fourth-order valence-electron chi connectivity index (χ4n) is 8.12. The zero-order valence-electron chi connectivity index (χ0n) is 26.5. The van der Waals surface area contributed by atoms with Gasteiger partial charge < -0.3 is 0 Å². The summed E-state index contributed by atoms with van der Waals surface area (Å²) in [6, 6.07) is 47.2. The maximum Gasteiger partial charge on any atom is 0.231 e. The summed E-state index contributed by atoms with van der Waals surface area (Å²) < 4.78 is 2.49. The molecule has 0 N–H and O–H groups in total. The molecular formula is C43H28BN3S.